The van der Waals surface area contributed by atoms with Gasteiger partial charge < -0.3 is 0 Å². The van der Waals surface area contributed by atoms with E-state index in [2.05, 4.69) is 15.9 Å². The average Bonchev–Trinajstić information content (AvgIpc) is 2.77. The molecule has 5 heteroatoms. The van der Waals surface area contributed by atoms with Gasteiger partial charge in [0.05, 0.1) is 0 Å². The minimum Gasteiger partial charge on any atom is -0.294 e. The molecular formula is C11H15BrN2O2. The summed E-state index contributed by atoms with van der Waals surface area (Å²) in [5.74, 6) is 0. The summed E-state index contributed by atoms with van der Waals surface area (Å²) < 4.78 is 3.44. The first-order valence-corrected chi connectivity index (χ1v) is 6.31. The van der Waals surface area contributed by atoms with Gasteiger partial charge in [-0.1, -0.05) is 12.8 Å². The summed E-state index contributed by atoms with van der Waals surface area (Å²) in [6, 6.07) is 0.260. The van der Waals surface area contributed by atoms with Crippen molar-refractivity contribution < 1.29 is 0 Å². The molecule has 0 saturated heterocycles. The van der Waals surface area contributed by atoms with Gasteiger partial charge in [-0.3, -0.25) is 13.9 Å². The molecule has 1 fully saturated rings. The van der Waals surface area contributed by atoms with E-state index < -0.39 is 0 Å². The molecule has 16 heavy (non-hydrogen) atoms. The normalized spacial score (nSPS) is 16.9. The molecule has 0 radical (unpaired) electrons. The molecule has 1 aliphatic rings. The lowest BCUT2D eigenvalue weighted by Crippen LogP contribution is -2.41. The lowest BCUT2D eigenvalue weighted by molar-refractivity contribution is 0.460. The fourth-order valence-electron chi connectivity index (χ4n) is 2.39. The third-order valence-corrected chi connectivity index (χ3v) is 4.27. The van der Waals surface area contributed by atoms with Crippen molar-refractivity contribution in [1.82, 2.24) is 9.13 Å². The Morgan fingerprint density at radius 2 is 1.81 bits per heavy atom. The van der Waals surface area contributed by atoms with E-state index in [9.17, 15) is 9.59 Å². The van der Waals surface area contributed by atoms with E-state index in [1.165, 1.54) is 11.6 Å². The molecule has 0 atom stereocenters. The van der Waals surface area contributed by atoms with Crippen LogP contribution in [0.15, 0.2) is 14.1 Å². The predicted molar refractivity (Wildman–Crippen MR) is 65.9 cm³/mol. The molecule has 1 aliphatic carbocycles. The van der Waals surface area contributed by atoms with Crippen LogP contribution in [0.4, 0.5) is 0 Å². The van der Waals surface area contributed by atoms with E-state index in [1.54, 1.807) is 4.57 Å². The molecule has 1 aromatic heterocycles. The zero-order valence-electron chi connectivity index (χ0n) is 9.49. The maximum absolute atomic E-state index is 12.1. The second-order valence-corrected chi connectivity index (χ2v) is 5.15. The van der Waals surface area contributed by atoms with Gasteiger partial charge in [0.25, 0.3) is 5.56 Å². The molecule has 1 saturated carbocycles. The number of rotatable bonds is 1. The van der Waals surface area contributed by atoms with Crippen LogP contribution in [0.2, 0.25) is 0 Å². The maximum atomic E-state index is 12.1. The third-order valence-electron chi connectivity index (χ3n) is 3.35. The van der Waals surface area contributed by atoms with Gasteiger partial charge in [0, 0.05) is 18.8 Å². The van der Waals surface area contributed by atoms with Crippen molar-refractivity contribution in [3.8, 4) is 0 Å². The monoisotopic (exact) mass is 286 g/mol. The Hall–Kier alpha value is -0.840. The molecular weight excluding hydrogens is 272 g/mol. The molecule has 0 N–H and O–H groups in total. The van der Waals surface area contributed by atoms with E-state index in [1.807, 2.05) is 6.92 Å². The van der Waals surface area contributed by atoms with Gasteiger partial charge in [-0.2, -0.15) is 0 Å². The zero-order valence-corrected chi connectivity index (χ0v) is 11.1. The van der Waals surface area contributed by atoms with Gasteiger partial charge in [0.1, 0.15) is 4.47 Å². The molecule has 0 spiro atoms. The van der Waals surface area contributed by atoms with Crippen molar-refractivity contribution in [3.05, 3.63) is 31.0 Å². The first-order valence-electron chi connectivity index (χ1n) is 5.51. The summed E-state index contributed by atoms with van der Waals surface area (Å²) >= 11 is 3.27. The number of hydrogen-bond donors (Lipinski definition) is 0. The summed E-state index contributed by atoms with van der Waals surface area (Å²) in [4.78, 5) is 23.7. The summed E-state index contributed by atoms with van der Waals surface area (Å²) in [5.41, 5.74) is 0.300. The van der Waals surface area contributed by atoms with Crippen LogP contribution >= 0.6 is 15.9 Å². The number of aromatic nitrogens is 2. The topological polar surface area (TPSA) is 44.0 Å². The molecule has 0 amide bonds. The largest absolute Gasteiger partial charge is 0.331 e. The molecule has 0 bridgehead atoms. The minimum absolute atomic E-state index is 0.197. The van der Waals surface area contributed by atoms with Crippen LogP contribution in [0, 0.1) is 6.92 Å². The fraction of sp³-hybridized carbons (Fsp3) is 0.636. The van der Waals surface area contributed by atoms with Crippen molar-refractivity contribution in [2.45, 2.75) is 38.6 Å². The van der Waals surface area contributed by atoms with Crippen LogP contribution in [0.5, 0.6) is 0 Å². The van der Waals surface area contributed by atoms with Gasteiger partial charge in [-0.05, 0) is 35.7 Å². The Kier molecular flexibility index (Phi) is 3.06. The van der Waals surface area contributed by atoms with Crippen molar-refractivity contribution >= 4 is 15.9 Å². The lowest BCUT2D eigenvalue weighted by Gasteiger charge is -2.18. The van der Waals surface area contributed by atoms with Gasteiger partial charge in [-0.25, -0.2) is 4.79 Å². The van der Waals surface area contributed by atoms with E-state index in [-0.39, 0.29) is 17.3 Å². The van der Waals surface area contributed by atoms with E-state index >= 15 is 0 Å². The van der Waals surface area contributed by atoms with Crippen molar-refractivity contribution in [3.63, 3.8) is 0 Å². The Morgan fingerprint density at radius 3 is 2.38 bits per heavy atom. The molecule has 1 heterocycles. The number of halogens is 1. The van der Waals surface area contributed by atoms with Crippen LogP contribution in [0.1, 0.15) is 37.4 Å². The van der Waals surface area contributed by atoms with Crippen LogP contribution in [0.3, 0.4) is 0 Å². The SMILES string of the molecule is Cc1c(Br)c(=O)n(C)c(=O)n1C1CCCC1. The second kappa shape index (κ2) is 4.20. The summed E-state index contributed by atoms with van der Waals surface area (Å²) in [6.07, 6.45) is 4.39. The van der Waals surface area contributed by atoms with E-state index in [0.717, 1.165) is 31.4 Å². The molecule has 2 rings (SSSR count). The summed E-state index contributed by atoms with van der Waals surface area (Å²) in [5, 5.41) is 0. The van der Waals surface area contributed by atoms with Crippen molar-refractivity contribution in [1.29, 1.82) is 0 Å². The Morgan fingerprint density at radius 1 is 1.25 bits per heavy atom. The minimum atomic E-state index is -0.253. The summed E-state index contributed by atoms with van der Waals surface area (Å²) in [6.45, 7) is 1.82. The second-order valence-electron chi connectivity index (χ2n) is 4.35. The molecule has 0 aliphatic heterocycles. The molecule has 88 valence electrons. The number of nitrogens with zero attached hydrogens (tertiary/aromatic N) is 2. The van der Waals surface area contributed by atoms with Crippen LogP contribution in [0.25, 0.3) is 0 Å². The molecule has 0 unspecified atom stereocenters. The highest BCUT2D eigenvalue weighted by atomic mass is 79.9. The highest BCUT2D eigenvalue weighted by molar-refractivity contribution is 9.10. The van der Waals surface area contributed by atoms with Crippen LogP contribution in [-0.2, 0) is 7.05 Å². The Balaban J connectivity index is 2.69. The molecule has 4 nitrogen and oxygen atoms in total. The average molecular weight is 287 g/mol. The van der Waals surface area contributed by atoms with Gasteiger partial charge in [0.15, 0.2) is 0 Å². The standard InChI is InChI=1S/C11H15BrN2O2/c1-7-9(12)10(15)13(2)11(16)14(7)8-5-3-4-6-8/h8H,3-6H2,1-2H3. The number of hydrogen-bond acceptors (Lipinski definition) is 2. The Bertz CT molecular complexity index is 524. The van der Waals surface area contributed by atoms with Gasteiger partial charge in [0.2, 0.25) is 0 Å². The quantitative estimate of drug-likeness (QED) is 0.789. The van der Waals surface area contributed by atoms with Gasteiger partial charge >= 0.3 is 5.69 Å². The summed E-state index contributed by atoms with van der Waals surface area (Å²) in [7, 11) is 1.53. The Labute approximate surface area is 102 Å². The van der Waals surface area contributed by atoms with E-state index in [0.29, 0.717) is 4.47 Å². The van der Waals surface area contributed by atoms with Crippen molar-refractivity contribution in [2.75, 3.05) is 0 Å². The fourth-order valence-corrected chi connectivity index (χ4v) is 2.85. The lowest BCUT2D eigenvalue weighted by atomic mass is 10.2. The van der Waals surface area contributed by atoms with E-state index in [4.69, 9.17) is 0 Å². The first-order chi connectivity index (χ1) is 7.54. The highest BCUT2D eigenvalue weighted by Crippen LogP contribution is 2.29. The van der Waals surface area contributed by atoms with Crippen LogP contribution in [-0.4, -0.2) is 9.13 Å². The highest BCUT2D eigenvalue weighted by Gasteiger charge is 2.22. The first kappa shape index (κ1) is 11.6. The van der Waals surface area contributed by atoms with Crippen molar-refractivity contribution in [2.24, 2.45) is 7.05 Å². The maximum Gasteiger partial charge on any atom is 0.331 e. The predicted octanol–water partition coefficient (Wildman–Crippen LogP) is 1.73. The third kappa shape index (κ3) is 1.67. The van der Waals surface area contributed by atoms with Gasteiger partial charge in [-0.15, -0.1) is 0 Å². The molecule has 0 aromatic carbocycles. The zero-order chi connectivity index (χ0) is 11.9. The smallest absolute Gasteiger partial charge is 0.294 e. The molecule has 1 aromatic rings. The van der Waals surface area contributed by atoms with Crippen LogP contribution < -0.4 is 11.2 Å².